The smallest absolute Gasteiger partial charge is 0.120 e. The molecule has 3 nitrogen and oxygen atoms in total. The first kappa shape index (κ1) is 14.4. The van der Waals surface area contributed by atoms with E-state index in [0.29, 0.717) is 0 Å². The van der Waals surface area contributed by atoms with E-state index in [1.54, 1.807) is 19.2 Å². The normalized spacial score (nSPS) is 12.2. The van der Waals surface area contributed by atoms with Crippen molar-refractivity contribution in [3.63, 3.8) is 0 Å². The number of nitrogens with one attached hydrogen (secondary N) is 1. The Balaban J connectivity index is 2.09. The molecule has 0 heterocycles. The van der Waals surface area contributed by atoms with Gasteiger partial charge in [0.2, 0.25) is 0 Å². The van der Waals surface area contributed by atoms with Gasteiger partial charge < -0.3 is 15.2 Å². The number of benzene rings is 2. The van der Waals surface area contributed by atoms with Crippen molar-refractivity contribution in [3.8, 4) is 11.5 Å². The summed E-state index contributed by atoms with van der Waals surface area (Å²) in [5.41, 5.74) is 3.38. The average Bonchev–Trinajstić information content (AvgIpc) is 2.46. The molecule has 0 amide bonds. The van der Waals surface area contributed by atoms with Crippen molar-refractivity contribution in [2.45, 2.75) is 26.4 Å². The summed E-state index contributed by atoms with van der Waals surface area (Å²) in [6.45, 7) is 4.90. The SMILES string of the molecule is COc1ccc(O)c(C(C)NCc2ccccc2C)c1. The summed E-state index contributed by atoms with van der Waals surface area (Å²) in [6, 6.07) is 13.6. The van der Waals surface area contributed by atoms with Gasteiger partial charge in [-0.15, -0.1) is 0 Å². The number of aromatic hydroxyl groups is 1. The van der Waals surface area contributed by atoms with Crippen molar-refractivity contribution in [2.24, 2.45) is 0 Å². The molecule has 0 bridgehead atoms. The predicted molar refractivity (Wildman–Crippen MR) is 81.1 cm³/mol. The van der Waals surface area contributed by atoms with Crippen LogP contribution in [0.25, 0.3) is 0 Å². The van der Waals surface area contributed by atoms with E-state index in [4.69, 9.17) is 4.74 Å². The first-order valence-corrected chi connectivity index (χ1v) is 6.76. The molecule has 2 rings (SSSR count). The summed E-state index contributed by atoms with van der Waals surface area (Å²) in [5, 5.41) is 13.4. The Labute approximate surface area is 120 Å². The van der Waals surface area contributed by atoms with Crippen molar-refractivity contribution in [1.82, 2.24) is 5.32 Å². The highest BCUT2D eigenvalue weighted by molar-refractivity contribution is 5.41. The summed E-state index contributed by atoms with van der Waals surface area (Å²) in [6.07, 6.45) is 0. The van der Waals surface area contributed by atoms with Crippen molar-refractivity contribution in [1.29, 1.82) is 0 Å². The van der Waals surface area contributed by atoms with Crippen molar-refractivity contribution in [2.75, 3.05) is 7.11 Å². The van der Waals surface area contributed by atoms with Crippen molar-refractivity contribution < 1.29 is 9.84 Å². The largest absolute Gasteiger partial charge is 0.508 e. The molecule has 1 atom stereocenters. The minimum atomic E-state index is 0.0460. The van der Waals surface area contributed by atoms with E-state index in [1.165, 1.54) is 11.1 Å². The van der Waals surface area contributed by atoms with Gasteiger partial charge in [-0.3, -0.25) is 0 Å². The third kappa shape index (κ3) is 3.31. The molecule has 3 heteroatoms. The molecule has 2 aromatic rings. The Morgan fingerprint density at radius 1 is 1.20 bits per heavy atom. The molecule has 0 aliphatic carbocycles. The van der Waals surface area contributed by atoms with E-state index in [9.17, 15) is 5.11 Å². The number of ether oxygens (including phenoxy) is 1. The minimum Gasteiger partial charge on any atom is -0.508 e. The van der Waals surface area contributed by atoms with Gasteiger partial charge >= 0.3 is 0 Å². The molecule has 20 heavy (non-hydrogen) atoms. The number of phenolic OH excluding ortho intramolecular Hbond substituents is 1. The summed E-state index contributed by atoms with van der Waals surface area (Å²) < 4.78 is 5.20. The summed E-state index contributed by atoms with van der Waals surface area (Å²) in [7, 11) is 1.63. The van der Waals surface area contributed by atoms with Crippen LogP contribution in [0.4, 0.5) is 0 Å². The van der Waals surface area contributed by atoms with Crippen molar-refractivity contribution >= 4 is 0 Å². The summed E-state index contributed by atoms with van der Waals surface area (Å²) in [4.78, 5) is 0. The molecule has 0 aliphatic heterocycles. The maximum absolute atomic E-state index is 9.96. The number of hydrogen-bond donors (Lipinski definition) is 2. The fraction of sp³-hybridized carbons (Fsp3) is 0.294. The predicted octanol–water partition coefficient (Wildman–Crippen LogP) is 3.56. The van der Waals surface area contributed by atoms with Crippen LogP contribution in [0.1, 0.15) is 29.7 Å². The molecule has 0 fully saturated rings. The number of phenols is 1. The zero-order valence-electron chi connectivity index (χ0n) is 12.2. The lowest BCUT2D eigenvalue weighted by atomic mass is 10.1. The molecule has 2 N–H and O–H groups in total. The fourth-order valence-corrected chi connectivity index (χ4v) is 2.19. The molecule has 0 radical (unpaired) electrons. The van der Waals surface area contributed by atoms with Gasteiger partial charge in [0.25, 0.3) is 0 Å². The average molecular weight is 271 g/mol. The van der Waals surface area contributed by atoms with E-state index in [1.807, 2.05) is 25.1 Å². The second-order valence-corrected chi connectivity index (χ2v) is 4.95. The Kier molecular flexibility index (Phi) is 4.64. The minimum absolute atomic E-state index is 0.0460. The lowest BCUT2D eigenvalue weighted by Crippen LogP contribution is -2.18. The lowest BCUT2D eigenvalue weighted by molar-refractivity contribution is 0.407. The van der Waals surface area contributed by atoms with Gasteiger partial charge in [-0.05, 0) is 43.2 Å². The van der Waals surface area contributed by atoms with Crippen LogP contribution in [-0.4, -0.2) is 12.2 Å². The third-order valence-corrected chi connectivity index (χ3v) is 3.56. The quantitative estimate of drug-likeness (QED) is 0.873. The standard InChI is InChI=1S/C17H21NO2/c1-12-6-4-5-7-14(12)11-18-13(2)16-10-15(20-3)8-9-17(16)19/h4-10,13,18-19H,11H2,1-3H3. The number of hydrogen-bond acceptors (Lipinski definition) is 3. The van der Waals surface area contributed by atoms with Crippen LogP contribution in [0.3, 0.4) is 0 Å². The van der Waals surface area contributed by atoms with Gasteiger partial charge in [0, 0.05) is 18.2 Å². The third-order valence-electron chi connectivity index (χ3n) is 3.56. The molecule has 0 aliphatic rings. The Hall–Kier alpha value is -2.00. The number of aryl methyl sites for hydroxylation is 1. The second kappa shape index (κ2) is 6.44. The molecular weight excluding hydrogens is 250 g/mol. The lowest BCUT2D eigenvalue weighted by Gasteiger charge is -2.17. The van der Waals surface area contributed by atoms with E-state index in [0.717, 1.165) is 17.9 Å². The van der Waals surface area contributed by atoms with Crippen LogP contribution in [0.15, 0.2) is 42.5 Å². The van der Waals surface area contributed by atoms with Crippen LogP contribution in [0.2, 0.25) is 0 Å². The second-order valence-electron chi connectivity index (χ2n) is 4.95. The van der Waals surface area contributed by atoms with Gasteiger partial charge in [0.1, 0.15) is 11.5 Å². The van der Waals surface area contributed by atoms with Crippen LogP contribution >= 0.6 is 0 Å². The highest BCUT2D eigenvalue weighted by atomic mass is 16.5. The highest BCUT2D eigenvalue weighted by Gasteiger charge is 2.11. The molecule has 0 aromatic heterocycles. The number of rotatable bonds is 5. The van der Waals surface area contributed by atoms with Crippen LogP contribution < -0.4 is 10.1 Å². The summed E-state index contributed by atoms with van der Waals surface area (Å²) in [5.74, 6) is 1.04. The summed E-state index contributed by atoms with van der Waals surface area (Å²) >= 11 is 0. The van der Waals surface area contributed by atoms with E-state index < -0.39 is 0 Å². The Morgan fingerprint density at radius 3 is 2.65 bits per heavy atom. The number of methoxy groups -OCH3 is 1. The van der Waals surface area contributed by atoms with E-state index in [2.05, 4.69) is 24.4 Å². The Morgan fingerprint density at radius 2 is 1.95 bits per heavy atom. The van der Waals surface area contributed by atoms with Gasteiger partial charge in [-0.25, -0.2) is 0 Å². The van der Waals surface area contributed by atoms with E-state index >= 15 is 0 Å². The van der Waals surface area contributed by atoms with E-state index in [-0.39, 0.29) is 11.8 Å². The molecule has 0 saturated heterocycles. The first-order chi connectivity index (χ1) is 9.61. The topological polar surface area (TPSA) is 41.5 Å². The maximum atomic E-state index is 9.96. The highest BCUT2D eigenvalue weighted by Crippen LogP contribution is 2.28. The molecule has 2 aromatic carbocycles. The zero-order chi connectivity index (χ0) is 14.5. The van der Waals surface area contributed by atoms with Crippen LogP contribution in [0, 0.1) is 6.92 Å². The van der Waals surface area contributed by atoms with Gasteiger partial charge in [0.05, 0.1) is 7.11 Å². The van der Waals surface area contributed by atoms with Crippen molar-refractivity contribution in [3.05, 3.63) is 59.2 Å². The molecule has 0 saturated carbocycles. The molecule has 1 unspecified atom stereocenters. The Bertz CT molecular complexity index is 581. The first-order valence-electron chi connectivity index (χ1n) is 6.76. The fourth-order valence-electron chi connectivity index (χ4n) is 2.19. The van der Waals surface area contributed by atoms with Gasteiger partial charge in [-0.2, -0.15) is 0 Å². The molecule has 0 spiro atoms. The molecular formula is C17H21NO2. The monoisotopic (exact) mass is 271 g/mol. The van der Waals surface area contributed by atoms with Gasteiger partial charge in [-0.1, -0.05) is 24.3 Å². The van der Waals surface area contributed by atoms with Crippen LogP contribution in [0.5, 0.6) is 11.5 Å². The maximum Gasteiger partial charge on any atom is 0.120 e. The van der Waals surface area contributed by atoms with Crippen LogP contribution in [-0.2, 0) is 6.54 Å². The zero-order valence-corrected chi connectivity index (χ0v) is 12.2. The molecule has 106 valence electrons. The van der Waals surface area contributed by atoms with Gasteiger partial charge in [0.15, 0.2) is 0 Å².